The smallest absolute Gasteiger partial charge is 0.265 e. The highest BCUT2D eigenvalue weighted by Gasteiger charge is 2.28. The van der Waals surface area contributed by atoms with Crippen molar-refractivity contribution < 1.29 is 13.6 Å². The van der Waals surface area contributed by atoms with Crippen LogP contribution in [-0.2, 0) is 0 Å². The molecular formula is C16H16ClF2NOS. The van der Waals surface area contributed by atoms with E-state index in [4.69, 9.17) is 11.6 Å². The van der Waals surface area contributed by atoms with E-state index in [9.17, 15) is 13.6 Å². The Kier molecular flexibility index (Phi) is 4.37. The van der Waals surface area contributed by atoms with E-state index in [-0.39, 0.29) is 31.9 Å². The predicted molar refractivity (Wildman–Crippen MR) is 85.7 cm³/mol. The van der Waals surface area contributed by atoms with Crippen LogP contribution in [0.25, 0.3) is 10.1 Å². The quantitative estimate of drug-likeness (QED) is 0.730. The van der Waals surface area contributed by atoms with Gasteiger partial charge in [0.1, 0.15) is 16.5 Å². The lowest BCUT2D eigenvalue weighted by Gasteiger charge is -2.31. The molecule has 0 spiro atoms. The van der Waals surface area contributed by atoms with Gasteiger partial charge >= 0.3 is 0 Å². The molecule has 0 bridgehead atoms. The number of thiophene rings is 1. The number of fused-ring (bicyclic) bond motifs is 1. The molecule has 1 aliphatic rings. The monoisotopic (exact) mass is 343 g/mol. The molecule has 3 rings (SSSR count). The van der Waals surface area contributed by atoms with Crippen molar-refractivity contribution in [2.24, 2.45) is 0 Å². The van der Waals surface area contributed by atoms with E-state index >= 15 is 0 Å². The fourth-order valence-corrected chi connectivity index (χ4v) is 4.56. The predicted octanol–water partition coefficient (Wildman–Crippen LogP) is 5.24. The molecule has 1 fully saturated rings. The molecule has 0 N–H and O–H groups in total. The highest BCUT2D eigenvalue weighted by molar-refractivity contribution is 7.21. The van der Waals surface area contributed by atoms with Crippen molar-refractivity contribution in [2.45, 2.75) is 38.1 Å². The largest absolute Gasteiger partial charge is 0.338 e. The van der Waals surface area contributed by atoms with Gasteiger partial charge in [0.15, 0.2) is 0 Å². The van der Waals surface area contributed by atoms with Crippen LogP contribution in [-0.4, -0.2) is 23.9 Å². The third kappa shape index (κ3) is 2.61. The number of carbonyl (C=O) groups excluding carboxylic acids is 1. The molecule has 1 aromatic carbocycles. The molecule has 22 heavy (non-hydrogen) atoms. The van der Waals surface area contributed by atoms with Crippen LogP contribution >= 0.6 is 22.9 Å². The molecule has 1 aromatic heterocycles. The zero-order valence-corrected chi connectivity index (χ0v) is 13.7. The van der Waals surface area contributed by atoms with Crippen molar-refractivity contribution in [1.29, 1.82) is 0 Å². The Bertz CT molecular complexity index is 724. The summed E-state index contributed by atoms with van der Waals surface area (Å²) in [5.41, 5.74) is 0. The lowest BCUT2D eigenvalue weighted by molar-refractivity contribution is 0.0701. The Morgan fingerprint density at radius 2 is 1.86 bits per heavy atom. The standard InChI is InChI=1S/C16H16ClF2NOS/c1-20(9-5-3-2-4-6-9)16(21)15-13(17)12-10(18)7-8-11(19)14(12)22-15/h7-9H,2-6H2,1H3. The highest BCUT2D eigenvalue weighted by atomic mass is 35.5. The first-order valence-electron chi connectivity index (χ1n) is 7.34. The Labute approximate surface area is 136 Å². The lowest BCUT2D eigenvalue weighted by atomic mass is 9.94. The van der Waals surface area contributed by atoms with Gasteiger partial charge in [0.25, 0.3) is 5.91 Å². The number of nitrogens with zero attached hydrogens (tertiary/aromatic N) is 1. The van der Waals surface area contributed by atoms with Crippen molar-refractivity contribution in [3.63, 3.8) is 0 Å². The van der Waals surface area contributed by atoms with Gasteiger partial charge < -0.3 is 4.90 Å². The van der Waals surface area contributed by atoms with E-state index < -0.39 is 11.6 Å². The fourth-order valence-electron chi connectivity index (χ4n) is 3.03. The number of hydrogen-bond donors (Lipinski definition) is 0. The minimum Gasteiger partial charge on any atom is -0.338 e. The average Bonchev–Trinajstić information content (AvgIpc) is 2.89. The topological polar surface area (TPSA) is 20.3 Å². The van der Waals surface area contributed by atoms with E-state index in [1.807, 2.05) is 0 Å². The zero-order valence-electron chi connectivity index (χ0n) is 12.2. The maximum atomic E-state index is 13.9. The number of carbonyl (C=O) groups is 1. The zero-order chi connectivity index (χ0) is 15.9. The van der Waals surface area contributed by atoms with Gasteiger partial charge in [0.2, 0.25) is 0 Å². The molecule has 2 aromatic rings. The molecular weight excluding hydrogens is 328 g/mol. The number of halogens is 3. The fraction of sp³-hybridized carbons (Fsp3) is 0.438. The molecule has 0 aliphatic heterocycles. The Morgan fingerprint density at radius 1 is 1.23 bits per heavy atom. The minimum absolute atomic E-state index is 0.00654. The summed E-state index contributed by atoms with van der Waals surface area (Å²) in [4.78, 5) is 14.6. The van der Waals surface area contributed by atoms with Crippen molar-refractivity contribution >= 4 is 38.9 Å². The molecule has 6 heteroatoms. The second kappa shape index (κ2) is 6.13. The summed E-state index contributed by atoms with van der Waals surface area (Å²) >= 11 is 7.10. The van der Waals surface area contributed by atoms with Crippen molar-refractivity contribution in [3.8, 4) is 0 Å². The lowest BCUT2D eigenvalue weighted by Crippen LogP contribution is -2.38. The summed E-state index contributed by atoms with van der Waals surface area (Å²) < 4.78 is 27.8. The van der Waals surface area contributed by atoms with Crippen LogP contribution in [0.4, 0.5) is 8.78 Å². The molecule has 0 unspecified atom stereocenters. The van der Waals surface area contributed by atoms with Crippen LogP contribution in [0, 0.1) is 11.6 Å². The summed E-state index contributed by atoms with van der Waals surface area (Å²) in [5.74, 6) is -1.41. The van der Waals surface area contributed by atoms with Gasteiger partial charge in [-0.2, -0.15) is 0 Å². The highest BCUT2D eigenvalue weighted by Crippen LogP contribution is 2.39. The third-order valence-electron chi connectivity index (χ3n) is 4.32. The molecule has 1 heterocycles. The second-order valence-corrected chi connectivity index (χ2v) is 7.08. The van der Waals surface area contributed by atoms with E-state index in [0.717, 1.165) is 49.2 Å². The Hall–Kier alpha value is -1.20. The van der Waals surface area contributed by atoms with Crippen LogP contribution in [0.2, 0.25) is 5.02 Å². The molecule has 118 valence electrons. The molecule has 0 atom stereocenters. The first-order valence-corrected chi connectivity index (χ1v) is 8.53. The maximum absolute atomic E-state index is 13.9. The first kappa shape index (κ1) is 15.7. The molecule has 0 saturated heterocycles. The summed E-state index contributed by atoms with van der Waals surface area (Å²) in [6, 6.07) is 2.27. The number of hydrogen-bond acceptors (Lipinski definition) is 2. The third-order valence-corrected chi connectivity index (χ3v) is 5.99. The summed E-state index contributed by atoms with van der Waals surface area (Å²) in [5, 5.41) is 0.0247. The molecule has 2 nitrogen and oxygen atoms in total. The molecule has 0 radical (unpaired) electrons. The van der Waals surface area contributed by atoms with Gasteiger partial charge in [-0.05, 0) is 25.0 Å². The van der Waals surface area contributed by atoms with Crippen molar-refractivity contribution in [1.82, 2.24) is 4.90 Å². The Balaban J connectivity index is 1.99. The van der Waals surface area contributed by atoms with Gasteiger partial charge in [0, 0.05) is 13.1 Å². The van der Waals surface area contributed by atoms with Gasteiger partial charge in [0.05, 0.1) is 15.1 Å². The second-order valence-electron chi connectivity index (χ2n) is 5.69. The van der Waals surface area contributed by atoms with Crippen LogP contribution < -0.4 is 0 Å². The van der Waals surface area contributed by atoms with E-state index in [1.54, 1.807) is 11.9 Å². The summed E-state index contributed by atoms with van der Waals surface area (Å²) in [7, 11) is 1.74. The molecule has 1 amide bonds. The van der Waals surface area contributed by atoms with E-state index in [0.29, 0.717) is 0 Å². The first-order chi connectivity index (χ1) is 10.5. The average molecular weight is 344 g/mol. The minimum atomic E-state index is -0.600. The maximum Gasteiger partial charge on any atom is 0.265 e. The van der Waals surface area contributed by atoms with Gasteiger partial charge in [-0.1, -0.05) is 30.9 Å². The van der Waals surface area contributed by atoms with E-state index in [1.165, 1.54) is 6.42 Å². The van der Waals surface area contributed by atoms with Crippen molar-refractivity contribution in [2.75, 3.05) is 7.05 Å². The van der Waals surface area contributed by atoms with Crippen molar-refractivity contribution in [3.05, 3.63) is 33.7 Å². The number of amides is 1. The number of rotatable bonds is 2. The van der Waals surface area contributed by atoms with Gasteiger partial charge in [-0.15, -0.1) is 11.3 Å². The molecule has 1 saturated carbocycles. The molecule has 1 aliphatic carbocycles. The normalized spacial score (nSPS) is 16.2. The Morgan fingerprint density at radius 3 is 2.50 bits per heavy atom. The van der Waals surface area contributed by atoms with Gasteiger partial charge in [-0.25, -0.2) is 8.78 Å². The van der Waals surface area contributed by atoms with E-state index in [2.05, 4.69) is 0 Å². The van der Waals surface area contributed by atoms with Crippen LogP contribution in [0.1, 0.15) is 41.8 Å². The van der Waals surface area contributed by atoms with Crippen LogP contribution in [0.5, 0.6) is 0 Å². The summed E-state index contributed by atoms with van der Waals surface area (Å²) in [6.07, 6.45) is 5.33. The van der Waals surface area contributed by atoms with Gasteiger partial charge in [-0.3, -0.25) is 4.79 Å². The van der Waals surface area contributed by atoms with Crippen LogP contribution in [0.3, 0.4) is 0 Å². The summed E-state index contributed by atoms with van der Waals surface area (Å²) in [6.45, 7) is 0. The SMILES string of the molecule is CN(C(=O)c1sc2c(F)ccc(F)c2c1Cl)C1CCCCC1. The van der Waals surface area contributed by atoms with Crippen LogP contribution in [0.15, 0.2) is 12.1 Å². The number of benzene rings is 1.